The van der Waals surface area contributed by atoms with Crippen molar-refractivity contribution < 1.29 is 19.8 Å². The molecule has 0 radical (unpaired) electrons. The average molecular weight is 332 g/mol. The van der Waals surface area contributed by atoms with Gasteiger partial charge in [-0.25, -0.2) is 0 Å². The molecule has 5 nitrogen and oxygen atoms in total. The fraction of sp³-hybridized carbons (Fsp3) is 0.176. The second-order valence-corrected chi connectivity index (χ2v) is 6.06. The normalized spacial score (nSPS) is 13.0. The Morgan fingerprint density at radius 3 is 1.91 bits per heavy atom. The summed E-state index contributed by atoms with van der Waals surface area (Å²) in [7, 11) is 0. The lowest BCUT2D eigenvalue weighted by atomic mass is 9.82. The number of hydrogen-bond acceptors (Lipinski definition) is 5. The summed E-state index contributed by atoms with van der Waals surface area (Å²) in [6.45, 7) is 3.79. The monoisotopic (exact) mass is 331 g/mol. The van der Waals surface area contributed by atoms with Crippen LogP contribution in [0.25, 0.3) is 0 Å². The first kappa shape index (κ1) is 15.4. The van der Waals surface area contributed by atoms with E-state index in [0.717, 1.165) is 0 Å². The summed E-state index contributed by atoms with van der Waals surface area (Å²) >= 11 is 6.12. The summed E-state index contributed by atoms with van der Waals surface area (Å²) in [5.41, 5.74) is 0.203. The lowest BCUT2D eigenvalue weighted by Crippen LogP contribution is -2.24. The van der Waals surface area contributed by atoms with Crippen LogP contribution >= 0.6 is 11.6 Å². The molecule has 118 valence electrons. The first-order valence-corrected chi connectivity index (χ1v) is 7.44. The fourth-order valence-corrected chi connectivity index (χ4v) is 3.00. The lowest BCUT2D eigenvalue weighted by molar-refractivity contribution is 0.0975. The fourth-order valence-electron chi connectivity index (χ4n) is 2.76. The molecule has 0 unspecified atom stereocenters. The van der Waals surface area contributed by atoms with Gasteiger partial charge in [0, 0.05) is 11.7 Å². The number of rotatable bonds is 2. The predicted molar refractivity (Wildman–Crippen MR) is 86.8 cm³/mol. The maximum atomic E-state index is 12.9. The summed E-state index contributed by atoms with van der Waals surface area (Å²) in [6, 6.07) is 5.54. The number of carbonyl (C=O) groups excluding carboxylic acids is 2. The number of phenols is 2. The van der Waals surface area contributed by atoms with Crippen molar-refractivity contribution in [1.82, 2.24) is 0 Å². The van der Waals surface area contributed by atoms with Crippen molar-refractivity contribution in [2.75, 3.05) is 5.32 Å². The van der Waals surface area contributed by atoms with Crippen molar-refractivity contribution in [3.63, 3.8) is 0 Å². The van der Waals surface area contributed by atoms with E-state index in [9.17, 15) is 19.8 Å². The number of ketones is 2. The maximum absolute atomic E-state index is 12.9. The van der Waals surface area contributed by atoms with Crippen molar-refractivity contribution >= 4 is 28.9 Å². The highest BCUT2D eigenvalue weighted by Crippen LogP contribution is 2.42. The zero-order chi connectivity index (χ0) is 16.9. The Hall–Kier alpha value is -2.53. The van der Waals surface area contributed by atoms with Gasteiger partial charge in [-0.2, -0.15) is 0 Å². The number of hydrogen-bond donors (Lipinski definition) is 3. The molecule has 0 saturated carbocycles. The summed E-state index contributed by atoms with van der Waals surface area (Å²) in [5.74, 6) is -1.84. The highest BCUT2D eigenvalue weighted by molar-refractivity contribution is 6.40. The molecule has 2 aromatic rings. The van der Waals surface area contributed by atoms with Crippen LogP contribution < -0.4 is 5.32 Å². The molecule has 23 heavy (non-hydrogen) atoms. The van der Waals surface area contributed by atoms with Crippen LogP contribution in [0, 0.1) is 0 Å². The van der Waals surface area contributed by atoms with E-state index in [1.54, 1.807) is 6.07 Å². The van der Waals surface area contributed by atoms with Crippen molar-refractivity contribution in [2.45, 2.75) is 19.9 Å². The van der Waals surface area contributed by atoms with Gasteiger partial charge in [0.25, 0.3) is 0 Å². The molecule has 0 aromatic heterocycles. The average Bonchev–Trinajstić information content (AvgIpc) is 2.48. The minimum Gasteiger partial charge on any atom is -0.507 e. The van der Waals surface area contributed by atoms with Crippen LogP contribution in [0.4, 0.5) is 5.69 Å². The second kappa shape index (κ2) is 5.28. The molecule has 0 atom stereocenters. The van der Waals surface area contributed by atoms with E-state index in [4.69, 9.17) is 11.6 Å². The topological polar surface area (TPSA) is 86.6 Å². The molecule has 0 fully saturated rings. The van der Waals surface area contributed by atoms with Crippen LogP contribution in [0.5, 0.6) is 11.5 Å². The Morgan fingerprint density at radius 2 is 1.39 bits per heavy atom. The SMILES string of the molecule is CC(C)Nc1ccc(Cl)c2c1C(=O)c1c(O)ccc(O)c1C2=O. The second-order valence-electron chi connectivity index (χ2n) is 5.66. The number of fused-ring (bicyclic) bond motifs is 2. The minimum atomic E-state index is -0.583. The maximum Gasteiger partial charge on any atom is 0.200 e. The number of benzene rings is 2. The van der Waals surface area contributed by atoms with E-state index in [0.29, 0.717) is 5.69 Å². The van der Waals surface area contributed by atoms with Gasteiger partial charge in [0.2, 0.25) is 5.78 Å². The van der Waals surface area contributed by atoms with Crippen LogP contribution in [-0.4, -0.2) is 27.8 Å². The molecule has 6 heteroatoms. The molecule has 0 saturated heterocycles. The van der Waals surface area contributed by atoms with Gasteiger partial charge in [0.1, 0.15) is 11.5 Å². The molecular formula is C17H14ClNO4. The molecule has 1 aliphatic carbocycles. The van der Waals surface area contributed by atoms with E-state index in [1.165, 1.54) is 18.2 Å². The molecule has 0 heterocycles. The van der Waals surface area contributed by atoms with E-state index in [-0.39, 0.29) is 44.8 Å². The largest absolute Gasteiger partial charge is 0.507 e. The van der Waals surface area contributed by atoms with Crippen LogP contribution in [0.2, 0.25) is 5.02 Å². The molecule has 0 spiro atoms. The third-order valence-electron chi connectivity index (χ3n) is 3.67. The van der Waals surface area contributed by atoms with E-state index in [1.807, 2.05) is 13.8 Å². The number of aromatic hydroxyl groups is 2. The van der Waals surface area contributed by atoms with Crippen molar-refractivity contribution in [1.29, 1.82) is 0 Å². The molecule has 3 N–H and O–H groups in total. The van der Waals surface area contributed by atoms with E-state index in [2.05, 4.69) is 5.32 Å². The number of anilines is 1. The first-order chi connectivity index (χ1) is 10.8. The molecule has 0 amide bonds. The van der Waals surface area contributed by atoms with E-state index >= 15 is 0 Å². The van der Waals surface area contributed by atoms with Crippen LogP contribution in [0.1, 0.15) is 45.7 Å². The zero-order valence-electron chi connectivity index (χ0n) is 12.5. The summed E-state index contributed by atoms with van der Waals surface area (Å²) < 4.78 is 0. The summed E-state index contributed by atoms with van der Waals surface area (Å²) in [5, 5.41) is 23.2. The lowest BCUT2D eigenvalue weighted by Gasteiger charge is -2.23. The minimum absolute atomic E-state index is 0.0300. The van der Waals surface area contributed by atoms with Gasteiger partial charge in [0.05, 0.1) is 27.3 Å². The van der Waals surface area contributed by atoms with Crippen molar-refractivity contribution in [2.24, 2.45) is 0 Å². The third kappa shape index (κ3) is 2.24. The Kier molecular flexibility index (Phi) is 3.53. The number of phenolic OH excluding ortho intramolecular Hbond substituents is 2. The van der Waals surface area contributed by atoms with Crippen LogP contribution in [0.3, 0.4) is 0 Å². The third-order valence-corrected chi connectivity index (χ3v) is 3.98. The molecule has 3 rings (SSSR count). The van der Waals surface area contributed by atoms with Gasteiger partial charge in [-0.15, -0.1) is 0 Å². The highest BCUT2D eigenvalue weighted by Gasteiger charge is 2.37. The predicted octanol–water partition coefficient (Wildman–Crippen LogP) is 3.35. The summed E-state index contributed by atoms with van der Waals surface area (Å²) in [4.78, 5) is 25.6. The standard InChI is InChI=1S/C17H14ClNO4/c1-7(2)19-9-4-3-8(18)12-13(9)17(23)15-11(21)6-5-10(20)14(15)16(12)22/h3-7,19-21H,1-2H3. The highest BCUT2D eigenvalue weighted by atomic mass is 35.5. The number of nitrogens with one attached hydrogen (secondary N) is 1. The van der Waals surface area contributed by atoms with E-state index < -0.39 is 11.6 Å². The molecule has 0 aliphatic heterocycles. The molecule has 0 bridgehead atoms. The quantitative estimate of drug-likeness (QED) is 0.627. The van der Waals surface area contributed by atoms with Gasteiger partial charge in [-0.05, 0) is 38.1 Å². The molecular weight excluding hydrogens is 318 g/mol. The van der Waals surface area contributed by atoms with Gasteiger partial charge in [-0.3, -0.25) is 9.59 Å². The van der Waals surface area contributed by atoms with Gasteiger partial charge >= 0.3 is 0 Å². The Labute approximate surface area is 137 Å². The zero-order valence-corrected chi connectivity index (χ0v) is 13.2. The Balaban J connectivity index is 2.35. The van der Waals surface area contributed by atoms with Crippen LogP contribution in [0.15, 0.2) is 24.3 Å². The summed E-state index contributed by atoms with van der Waals surface area (Å²) in [6.07, 6.45) is 0. The smallest absolute Gasteiger partial charge is 0.200 e. The number of carbonyl (C=O) groups is 2. The number of halogens is 1. The van der Waals surface area contributed by atoms with Crippen molar-refractivity contribution in [3.05, 3.63) is 51.5 Å². The van der Waals surface area contributed by atoms with Gasteiger partial charge < -0.3 is 15.5 Å². The molecule has 1 aliphatic rings. The Bertz CT molecular complexity index is 858. The van der Waals surface area contributed by atoms with Crippen molar-refractivity contribution in [3.8, 4) is 11.5 Å². The molecule has 2 aromatic carbocycles. The Morgan fingerprint density at radius 1 is 0.870 bits per heavy atom. The van der Waals surface area contributed by atoms with Gasteiger partial charge in [-0.1, -0.05) is 11.6 Å². The first-order valence-electron chi connectivity index (χ1n) is 7.06. The van der Waals surface area contributed by atoms with Crippen LogP contribution in [-0.2, 0) is 0 Å². The van der Waals surface area contributed by atoms with Gasteiger partial charge in [0.15, 0.2) is 5.78 Å².